The van der Waals surface area contributed by atoms with Gasteiger partial charge in [-0.25, -0.2) is 12.8 Å². The van der Waals surface area contributed by atoms with Crippen molar-refractivity contribution in [3.63, 3.8) is 0 Å². The first kappa shape index (κ1) is 20.6. The van der Waals surface area contributed by atoms with Gasteiger partial charge in [0.15, 0.2) is 6.67 Å². The van der Waals surface area contributed by atoms with Crippen LogP contribution in [0.4, 0.5) is 4.39 Å². The van der Waals surface area contributed by atoms with Crippen molar-refractivity contribution in [1.29, 1.82) is 5.26 Å². The van der Waals surface area contributed by atoms with E-state index >= 15 is 0 Å². The third-order valence-corrected chi connectivity index (χ3v) is 7.44. The van der Waals surface area contributed by atoms with E-state index in [0.29, 0.717) is 43.1 Å². The monoisotopic (exact) mass is 421 g/mol. The molecule has 1 saturated heterocycles. The van der Waals surface area contributed by atoms with Gasteiger partial charge in [-0.05, 0) is 37.6 Å². The van der Waals surface area contributed by atoms with E-state index in [0.717, 1.165) is 22.2 Å². The number of nitrogens with zero attached hydrogens (tertiary/aromatic N) is 3. The number of pyridine rings is 1. The highest BCUT2D eigenvalue weighted by Crippen LogP contribution is 2.19. The molecule has 6 nitrogen and oxygen atoms in total. The largest absolute Gasteiger partial charge is 0.315 e. The van der Waals surface area contributed by atoms with Crippen molar-refractivity contribution in [2.45, 2.75) is 25.4 Å². The summed E-state index contributed by atoms with van der Waals surface area (Å²) in [5, 5.41) is 9.33. The molecule has 0 unspecified atom stereocenters. The summed E-state index contributed by atoms with van der Waals surface area (Å²) < 4.78 is 43.2. The van der Waals surface area contributed by atoms with Gasteiger partial charge in [-0.3, -0.25) is 4.57 Å². The zero-order valence-electron chi connectivity index (χ0n) is 15.8. The van der Waals surface area contributed by atoms with Gasteiger partial charge in [0.05, 0.1) is 31.7 Å². The summed E-state index contributed by atoms with van der Waals surface area (Å²) in [4.78, 5) is 0.876. The molecule has 28 heavy (non-hydrogen) atoms. The van der Waals surface area contributed by atoms with Gasteiger partial charge >= 0.3 is 0 Å². The number of hydrogen-bond acceptors (Lipinski definition) is 4. The van der Waals surface area contributed by atoms with Crippen LogP contribution in [-0.4, -0.2) is 43.5 Å². The molecule has 0 radical (unpaired) electrons. The summed E-state index contributed by atoms with van der Waals surface area (Å²) in [7, 11) is -3.85. The predicted octanol–water partition coefficient (Wildman–Crippen LogP) is 1.39. The van der Waals surface area contributed by atoms with Crippen molar-refractivity contribution in [2.75, 3.05) is 26.2 Å². The summed E-state index contributed by atoms with van der Waals surface area (Å²) in [6.07, 6.45) is 0. The topological polar surface area (TPSA) is 70.5 Å². The summed E-state index contributed by atoms with van der Waals surface area (Å²) in [5.41, 5.74) is 2.33. The lowest BCUT2D eigenvalue weighted by Gasteiger charge is -2.32. The Labute approximate surface area is 169 Å². The van der Waals surface area contributed by atoms with Crippen LogP contribution in [0, 0.1) is 35.6 Å². The van der Waals surface area contributed by atoms with Crippen LogP contribution in [0.5, 0.6) is 0 Å². The molecule has 0 aliphatic carbocycles. The Balaban J connectivity index is 1.75. The Bertz CT molecular complexity index is 1100. The highest BCUT2D eigenvalue weighted by Gasteiger charge is 2.32. The van der Waals surface area contributed by atoms with E-state index in [9.17, 15) is 18.1 Å². The van der Waals surface area contributed by atoms with Crippen molar-refractivity contribution >= 4 is 22.2 Å². The minimum absolute atomic E-state index is 0.284. The molecule has 1 aromatic carbocycles. The number of rotatable bonds is 4. The van der Waals surface area contributed by atoms with Gasteiger partial charge < -0.3 is 4.90 Å². The second kappa shape index (κ2) is 8.09. The number of benzene rings is 1. The molecule has 3 rings (SSSR count). The maximum Gasteiger partial charge on any atom is 0.246 e. The number of sulfonamides is 1. The first-order chi connectivity index (χ1) is 13.3. The zero-order chi connectivity index (χ0) is 20.5. The molecule has 1 aliphatic rings. The molecular formula is C19H22FN4O2S2+. The van der Waals surface area contributed by atoms with E-state index < -0.39 is 15.8 Å². The zero-order valence-corrected chi connectivity index (χ0v) is 17.4. The molecule has 1 fully saturated rings. The van der Waals surface area contributed by atoms with Crippen LogP contribution in [0.15, 0.2) is 35.2 Å². The van der Waals surface area contributed by atoms with Gasteiger partial charge in [0.1, 0.15) is 21.4 Å². The smallest absolute Gasteiger partial charge is 0.246 e. The third-order valence-electron chi connectivity index (χ3n) is 5.08. The lowest BCUT2D eigenvalue weighted by atomic mass is 10.1. The Morgan fingerprint density at radius 3 is 2.50 bits per heavy atom. The van der Waals surface area contributed by atoms with Crippen LogP contribution in [-0.2, 0) is 16.7 Å². The van der Waals surface area contributed by atoms with Gasteiger partial charge in [-0.15, -0.1) is 0 Å². The quantitative estimate of drug-likeness (QED) is 0.758. The van der Waals surface area contributed by atoms with Crippen LogP contribution in [0.2, 0.25) is 0 Å². The Morgan fingerprint density at radius 2 is 1.89 bits per heavy atom. The molecule has 0 bridgehead atoms. The second-order valence-corrected chi connectivity index (χ2v) is 9.22. The molecule has 0 saturated carbocycles. The van der Waals surface area contributed by atoms with Crippen molar-refractivity contribution < 1.29 is 17.7 Å². The maximum atomic E-state index is 13.9. The third kappa shape index (κ3) is 3.86. The summed E-state index contributed by atoms with van der Waals surface area (Å²) >= 11 is 5.47. The van der Waals surface area contributed by atoms with Crippen molar-refractivity contribution in [3.05, 3.63) is 57.6 Å². The molecule has 0 spiro atoms. The van der Waals surface area contributed by atoms with Crippen LogP contribution >= 0.6 is 12.2 Å². The molecule has 148 valence electrons. The van der Waals surface area contributed by atoms with Crippen LogP contribution < -0.4 is 4.90 Å². The fourth-order valence-electron chi connectivity index (χ4n) is 3.48. The average molecular weight is 422 g/mol. The molecule has 2 aromatic rings. The number of hydrogen-bond donors (Lipinski definition) is 1. The maximum absolute atomic E-state index is 13.9. The molecule has 9 heteroatoms. The van der Waals surface area contributed by atoms with Crippen LogP contribution in [0.3, 0.4) is 0 Å². The Kier molecular flexibility index (Phi) is 5.95. The summed E-state index contributed by atoms with van der Waals surface area (Å²) in [5.74, 6) is -0.733. The molecule has 0 amide bonds. The van der Waals surface area contributed by atoms with Crippen molar-refractivity contribution in [3.8, 4) is 6.07 Å². The predicted molar refractivity (Wildman–Crippen MR) is 105 cm³/mol. The Hall–Kier alpha value is -2.12. The van der Waals surface area contributed by atoms with E-state index in [1.165, 1.54) is 22.5 Å². The van der Waals surface area contributed by atoms with Gasteiger partial charge in [0.2, 0.25) is 10.0 Å². The van der Waals surface area contributed by atoms with Gasteiger partial charge in [-0.1, -0.05) is 24.4 Å². The van der Waals surface area contributed by atoms with Crippen LogP contribution in [0.1, 0.15) is 16.8 Å². The minimum Gasteiger partial charge on any atom is -0.315 e. The fraction of sp³-hybridized carbons (Fsp3) is 0.368. The Morgan fingerprint density at radius 1 is 1.25 bits per heavy atom. The molecule has 1 aromatic heterocycles. The highest BCUT2D eigenvalue weighted by molar-refractivity contribution is 7.89. The number of aromatic nitrogens is 1. The standard InChI is InChI=1S/C19H21FN4O2S2/c1-14-11-15(2)24(19(27)16(14)12-21)13-22-7-9-23(10-8-22)28(25,26)18-6-4-3-5-17(18)20/h3-6,11H,7-10,13H2,1-2H3/p+1. The minimum atomic E-state index is -3.85. The van der Waals surface area contributed by atoms with E-state index in [1.807, 2.05) is 24.5 Å². The molecule has 0 atom stereocenters. The summed E-state index contributed by atoms with van der Waals surface area (Å²) in [6, 6.07) is 9.54. The normalized spacial score (nSPS) is 16.1. The first-order valence-electron chi connectivity index (χ1n) is 8.95. The second-order valence-electron chi connectivity index (χ2n) is 6.93. The van der Waals surface area contributed by atoms with E-state index in [2.05, 4.69) is 6.07 Å². The molecular weight excluding hydrogens is 399 g/mol. The van der Waals surface area contributed by atoms with Crippen molar-refractivity contribution in [2.24, 2.45) is 0 Å². The van der Waals surface area contributed by atoms with Gasteiger partial charge in [0, 0.05) is 5.69 Å². The van der Waals surface area contributed by atoms with Crippen LogP contribution in [0.25, 0.3) is 0 Å². The average Bonchev–Trinajstić information content (AvgIpc) is 2.66. The first-order valence-corrected chi connectivity index (χ1v) is 10.8. The van der Waals surface area contributed by atoms with E-state index in [1.54, 1.807) is 0 Å². The van der Waals surface area contributed by atoms with Gasteiger partial charge in [0.25, 0.3) is 0 Å². The molecule has 2 heterocycles. The number of nitriles is 1. The molecule has 1 aliphatic heterocycles. The number of quaternary nitrogens is 1. The van der Waals surface area contributed by atoms with Crippen molar-refractivity contribution in [1.82, 2.24) is 8.87 Å². The molecule has 1 N–H and O–H groups in total. The van der Waals surface area contributed by atoms with E-state index in [-0.39, 0.29) is 4.90 Å². The van der Waals surface area contributed by atoms with Gasteiger partial charge in [-0.2, -0.15) is 9.57 Å². The lowest BCUT2D eigenvalue weighted by Crippen LogP contribution is -3.14. The number of halogens is 1. The van der Waals surface area contributed by atoms with E-state index in [4.69, 9.17) is 12.2 Å². The number of aryl methyl sites for hydroxylation is 2. The lowest BCUT2D eigenvalue weighted by molar-refractivity contribution is -0.926. The fourth-order valence-corrected chi connectivity index (χ4v) is 5.40. The highest BCUT2D eigenvalue weighted by atomic mass is 32.2. The summed E-state index contributed by atoms with van der Waals surface area (Å²) in [6.45, 7) is 6.13. The SMILES string of the molecule is Cc1cc(C)n(C[NH+]2CCN(S(=O)(=O)c3ccccc3F)CC2)c(=S)c1C#N. The number of piperazine rings is 1. The number of nitrogens with one attached hydrogen (secondary N) is 1.